The molecule has 3 rings (SSSR count). The van der Waals surface area contributed by atoms with E-state index in [2.05, 4.69) is 17.6 Å². The lowest BCUT2D eigenvalue weighted by atomic mass is 9.85. The second-order valence-electron chi connectivity index (χ2n) is 7.87. The molecule has 27 heavy (non-hydrogen) atoms. The van der Waals surface area contributed by atoms with Crippen molar-refractivity contribution in [1.29, 1.82) is 0 Å². The Balaban J connectivity index is 0.00000261. The Kier molecular flexibility index (Phi) is 8.87. The van der Waals surface area contributed by atoms with Crippen molar-refractivity contribution >= 4 is 24.0 Å². The van der Waals surface area contributed by atoms with Gasteiger partial charge in [-0.1, -0.05) is 13.3 Å². The van der Waals surface area contributed by atoms with E-state index in [0.717, 1.165) is 50.2 Å². The van der Waals surface area contributed by atoms with Gasteiger partial charge in [-0.3, -0.25) is 4.79 Å². The van der Waals surface area contributed by atoms with Crippen molar-refractivity contribution in [3.8, 4) is 5.75 Å². The quantitative estimate of drug-likeness (QED) is 0.684. The van der Waals surface area contributed by atoms with Gasteiger partial charge in [0.1, 0.15) is 11.9 Å². The van der Waals surface area contributed by atoms with Crippen molar-refractivity contribution in [2.75, 3.05) is 18.4 Å². The fourth-order valence-electron chi connectivity index (χ4n) is 4.04. The van der Waals surface area contributed by atoms with E-state index < -0.39 is 0 Å². The maximum absolute atomic E-state index is 12.3. The number of piperidine rings is 1. The predicted molar refractivity (Wildman–Crippen MR) is 111 cm³/mol. The standard InChI is InChI=1S/C21H32N2O3.ClH/c1-15(16-5-4-12-22-14-16)13-21(25)23-17-8-10-18(11-9-17)26-20-7-3-2-6-19(20)24;/h8-11,15-16,19-20,22,24H,2-7,12-14H2,1H3,(H,23,25);1H. The van der Waals surface area contributed by atoms with Gasteiger partial charge in [0.2, 0.25) is 5.91 Å². The van der Waals surface area contributed by atoms with E-state index in [1.165, 1.54) is 12.8 Å². The molecule has 0 spiro atoms. The molecule has 5 nitrogen and oxygen atoms in total. The zero-order valence-corrected chi connectivity index (χ0v) is 17.0. The largest absolute Gasteiger partial charge is 0.488 e. The molecule has 1 aliphatic heterocycles. The molecule has 152 valence electrons. The van der Waals surface area contributed by atoms with E-state index in [1.807, 2.05) is 24.3 Å². The number of benzene rings is 1. The summed E-state index contributed by atoms with van der Waals surface area (Å²) in [6.45, 7) is 4.29. The normalized spacial score (nSPS) is 26.5. The predicted octanol–water partition coefficient (Wildman–Crippen LogP) is 3.76. The van der Waals surface area contributed by atoms with Gasteiger partial charge in [-0.2, -0.15) is 0 Å². The lowest BCUT2D eigenvalue weighted by Gasteiger charge is -2.28. The zero-order chi connectivity index (χ0) is 18.4. The number of amides is 1. The van der Waals surface area contributed by atoms with Crippen LogP contribution in [0.3, 0.4) is 0 Å². The van der Waals surface area contributed by atoms with Crippen molar-refractivity contribution in [2.45, 2.75) is 64.1 Å². The van der Waals surface area contributed by atoms with Crippen LogP contribution in [-0.2, 0) is 4.79 Å². The van der Waals surface area contributed by atoms with E-state index in [1.54, 1.807) is 0 Å². The summed E-state index contributed by atoms with van der Waals surface area (Å²) in [6.07, 6.45) is 6.35. The Morgan fingerprint density at radius 1 is 1.22 bits per heavy atom. The third-order valence-corrected chi connectivity index (χ3v) is 5.74. The first kappa shape index (κ1) is 22.0. The second kappa shape index (κ2) is 10.9. The summed E-state index contributed by atoms with van der Waals surface area (Å²) in [5.41, 5.74) is 0.792. The number of ether oxygens (including phenoxy) is 1. The minimum Gasteiger partial charge on any atom is -0.488 e. The summed E-state index contributed by atoms with van der Waals surface area (Å²) in [7, 11) is 0. The maximum atomic E-state index is 12.3. The van der Waals surface area contributed by atoms with Gasteiger partial charge in [0, 0.05) is 12.1 Å². The molecule has 0 bridgehead atoms. The molecule has 4 atom stereocenters. The Morgan fingerprint density at radius 2 is 1.96 bits per heavy atom. The van der Waals surface area contributed by atoms with Crippen LogP contribution >= 0.6 is 12.4 Å². The number of nitrogens with one attached hydrogen (secondary N) is 2. The molecular formula is C21H33ClN2O3. The van der Waals surface area contributed by atoms with E-state index in [0.29, 0.717) is 18.3 Å². The highest BCUT2D eigenvalue weighted by Crippen LogP contribution is 2.26. The van der Waals surface area contributed by atoms with E-state index in [-0.39, 0.29) is 30.5 Å². The number of aliphatic hydroxyl groups excluding tert-OH is 1. The number of rotatable bonds is 6. The lowest BCUT2D eigenvalue weighted by Crippen LogP contribution is -2.34. The summed E-state index contributed by atoms with van der Waals surface area (Å²) >= 11 is 0. The highest BCUT2D eigenvalue weighted by molar-refractivity contribution is 5.90. The van der Waals surface area contributed by atoms with Crippen LogP contribution in [-0.4, -0.2) is 36.3 Å². The summed E-state index contributed by atoms with van der Waals surface area (Å²) in [5, 5.41) is 16.4. The second-order valence-corrected chi connectivity index (χ2v) is 7.87. The average Bonchev–Trinajstić information content (AvgIpc) is 2.66. The fraction of sp³-hybridized carbons (Fsp3) is 0.667. The van der Waals surface area contributed by atoms with Gasteiger partial charge in [0.15, 0.2) is 0 Å². The zero-order valence-electron chi connectivity index (χ0n) is 16.2. The number of aliphatic hydroxyl groups is 1. The summed E-state index contributed by atoms with van der Waals surface area (Å²) in [4.78, 5) is 12.3. The Bertz CT molecular complexity index is 575. The molecule has 1 saturated heterocycles. The summed E-state index contributed by atoms with van der Waals surface area (Å²) in [5.74, 6) is 1.79. The molecule has 0 aromatic heterocycles. The number of carbonyl (C=O) groups excluding carboxylic acids is 1. The first-order chi connectivity index (χ1) is 12.6. The molecule has 3 N–H and O–H groups in total. The van der Waals surface area contributed by atoms with Crippen molar-refractivity contribution in [3.05, 3.63) is 24.3 Å². The highest BCUT2D eigenvalue weighted by Gasteiger charge is 2.25. The van der Waals surface area contributed by atoms with Gasteiger partial charge in [0.25, 0.3) is 0 Å². The molecule has 0 radical (unpaired) electrons. The minimum absolute atomic E-state index is 0. The maximum Gasteiger partial charge on any atom is 0.224 e. The number of halogens is 1. The van der Waals surface area contributed by atoms with Crippen LogP contribution in [0.4, 0.5) is 5.69 Å². The van der Waals surface area contributed by atoms with Crippen LogP contribution in [0, 0.1) is 11.8 Å². The molecular weight excluding hydrogens is 364 g/mol. The summed E-state index contributed by atoms with van der Waals surface area (Å²) < 4.78 is 5.90. The van der Waals surface area contributed by atoms with Crippen LogP contribution in [0.25, 0.3) is 0 Å². The van der Waals surface area contributed by atoms with Crippen molar-refractivity contribution < 1.29 is 14.6 Å². The Morgan fingerprint density at radius 3 is 2.63 bits per heavy atom. The van der Waals surface area contributed by atoms with E-state index in [4.69, 9.17) is 4.74 Å². The monoisotopic (exact) mass is 396 g/mol. The lowest BCUT2D eigenvalue weighted by molar-refractivity contribution is -0.117. The van der Waals surface area contributed by atoms with Crippen molar-refractivity contribution in [1.82, 2.24) is 5.32 Å². The van der Waals surface area contributed by atoms with Gasteiger partial charge >= 0.3 is 0 Å². The number of hydrogen-bond donors (Lipinski definition) is 3. The topological polar surface area (TPSA) is 70.6 Å². The first-order valence-corrected chi connectivity index (χ1v) is 10.1. The molecule has 6 heteroatoms. The van der Waals surface area contributed by atoms with Crippen molar-refractivity contribution in [3.63, 3.8) is 0 Å². The third kappa shape index (κ3) is 6.66. The first-order valence-electron chi connectivity index (χ1n) is 10.1. The van der Waals surface area contributed by atoms with Gasteiger partial charge in [-0.05, 0) is 81.3 Å². The molecule has 2 fully saturated rings. The fourth-order valence-corrected chi connectivity index (χ4v) is 4.04. The van der Waals surface area contributed by atoms with Crippen LogP contribution in [0.15, 0.2) is 24.3 Å². The molecule has 1 heterocycles. The number of anilines is 1. The summed E-state index contributed by atoms with van der Waals surface area (Å²) in [6, 6.07) is 7.47. The van der Waals surface area contributed by atoms with Crippen molar-refractivity contribution in [2.24, 2.45) is 11.8 Å². The Hall–Kier alpha value is -1.30. The highest BCUT2D eigenvalue weighted by atomic mass is 35.5. The van der Waals surface area contributed by atoms with Crippen LogP contribution in [0.1, 0.15) is 51.9 Å². The molecule has 1 saturated carbocycles. The molecule has 4 unspecified atom stereocenters. The molecule has 1 aliphatic carbocycles. The Labute approximate surface area is 168 Å². The SMILES string of the molecule is CC(CC(=O)Nc1ccc(OC2CCCCC2O)cc1)C1CCCNC1.Cl. The minimum atomic E-state index is -0.376. The molecule has 2 aliphatic rings. The smallest absolute Gasteiger partial charge is 0.224 e. The van der Waals surface area contributed by atoms with Crippen LogP contribution < -0.4 is 15.4 Å². The van der Waals surface area contributed by atoms with Gasteiger partial charge < -0.3 is 20.5 Å². The van der Waals surface area contributed by atoms with Gasteiger partial charge in [0.05, 0.1) is 6.10 Å². The number of carbonyl (C=O) groups is 1. The van der Waals surface area contributed by atoms with E-state index in [9.17, 15) is 9.90 Å². The van der Waals surface area contributed by atoms with Crippen LogP contribution in [0.2, 0.25) is 0 Å². The van der Waals surface area contributed by atoms with E-state index >= 15 is 0 Å². The van der Waals surface area contributed by atoms with Gasteiger partial charge in [-0.25, -0.2) is 0 Å². The number of hydrogen-bond acceptors (Lipinski definition) is 4. The third-order valence-electron chi connectivity index (χ3n) is 5.74. The van der Waals surface area contributed by atoms with Crippen LogP contribution in [0.5, 0.6) is 5.75 Å². The molecule has 1 aromatic carbocycles. The molecule has 1 aromatic rings. The van der Waals surface area contributed by atoms with Gasteiger partial charge in [-0.15, -0.1) is 12.4 Å². The molecule has 1 amide bonds. The average molecular weight is 397 g/mol.